The summed E-state index contributed by atoms with van der Waals surface area (Å²) >= 11 is 2.91. The average Bonchev–Trinajstić information content (AvgIpc) is 2.80. The van der Waals surface area contributed by atoms with Crippen molar-refractivity contribution in [3.63, 3.8) is 0 Å². The Morgan fingerprint density at radius 2 is 1.95 bits per heavy atom. The van der Waals surface area contributed by atoms with Crippen molar-refractivity contribution >= 4 is 41.4 Å². The average molecular weight is 310 g/mol. The van der Waals surface area contributed by atoms with Crippen molar-refractivity contribution in [3.8, 4) is 0 Å². The number of thioether (sulfide) groups is 2. The Labute approximate surface area is 125 Å². The van der Waals surface area contributed by atoms with E-state index in [0.717, 1.165) is 24.3 Å². The van der Waals surface area contributed by atoms with Crippen LogP contribution >= 0.6 is 23.5 Å². The molecule has 0 aromatic carbocycles. The van der Waals surface area contributed by atoms with Crippen molar-refractivity contribution in [2.24, 2.45) is 0 Å². The van der Waals surface area contributed by atoms with E-state index in [4.69, 9.17) is 4.42 Å². The normalized spacial score (nSPS) is 16.1. The van der Waals surface area contributed by atoms with E-state index in [2.05, 4.69) is 0 Å². The first-order valence-corrected chi connectivity index (χ1v) is 8.14. The molecule has 6 heteroatoms. The van der Waals surface area contributed by atoms with Gasteiger partial charge in [0.15, 0.2) is 5.78 Å². The van der Waals surface area contributed by atoms with E-state index < -0.39 is 11.8 Å². The molecule has 2 heterocycles. The number of carbonyl (C=O) groups excluding carboxylic acids is 1. The molecule has 1 fully saturated rings. The highest BCUT2D eigenvalue weighted by molar-refractivity contribution is 8.22. The molecule has 0 amide bonds. The Balaban J connectivity index is 2.21. The van der Waals surface area contributed by atoms with Gasteiger partial charge in [0.05, 0.1) is 10.5 Å². The summed E-state index contributed by atoms with van der Waals surface area (Å²) in [6.45, 7) is 0. The van der Waals surface area contributed by atoms with Gasteiger partial charge in [0.25, 0.3) is 0 Å². The van der Waals surface area contributed by atoms with Crippen LogP contribution in [-0.4, -0.2) is 28.4 Å². The van der Waals surface area contributed by atoms with E-state index in [9.17, 15) is 14.7 Å². The van der Waals surface area contributed by atoms with Crippen molar-refractivity contribution < 1.29 is 19.1 Å². The van der Waals surface area contributed by atoms with Crippen molar-refractivity contribution in [1.29, 1.82) is 0 Å². The highest BCUT2D eigenvalue weighted by Crippen LogP contribution is 2.36. The maximum Gasteiger partial charge on any atom is 0.341 e. The third kappa shape index (κ3) is 4.05. The van der Waals surface area contributed by atoms with E-state index in [1.54, 1.807) is 12.1 Å². The minimum absolute atomic E-state index is 0.135. The lowest BCUT2D eigenvalue weighted by atomic mass is 10.2. The Hall–Kier alpha value is -1.40. The Morgan fingerprint density at radius 1 is 1.25 bits per heavy atom. The monoisotopic (exact) mass is 310 g/mol. The minimum Gasteiger partial charge on any atom is -0.477 e. The van der Waals surface area contributed by atoms with E-state index in [-0.39, 0.29) is 5.57 Å². The summed E-state index contributed by atoms with van der Waals surface area (Å²) in [5, 5.41) is 9.28. The first-order valence-electron chi connectivity index (χ1n) is 6.17. The summed E-state index contributed by atoms with van der Waals surface area (Å²) < 4.78 is 5.69. The molecule has 0 bridgehead atoms. The van der Waals surface area contributed by atoms with Gasteiger partial charge >= 0.3 is 5.97 Å². The number of ketones is 1. The van der Waals surface area contributed by atoms with Crippen molar-refractivity contribution in [2.45, 2.75) is 12.8 Å². The van der Waals surface area contributed by atoms with E-state index >= 15 is 0 Å². The number of allylic oxidation sites excluding steroid dienone is 1. The molecule has 0 saturated carbocycles. The zero-order valence-corrected chi connectivity index (χ0v) is 12.3. The molecule has 1 aliphatic rings. The minimum atomic E-state index is -1.17. The van der Waals surface area contributed by atoms with Crippen molar-refractivity contribution in [2.75, 3.05) is 11.5 Å². The molecule has 0 aliphatic carbocycles. The first-order chi connectivity index (χ1) is 9.68. The molecule has 0 atom stereocenters. The van der Waals surface area contributed by atoms with Crippen LogP contribution < -0.4 is 0 Å². The highest BCUT2D eigenvalue weighted by atomic mass is 32.2. The molecule has 106 valence electrons. The zero-order chi connectivity index (χ0) is 14.4. The lowest BCUT2D eigenvalue weighted by molar-refractivity contribution is -0.134. The van der Waals surface area contributed by atoms with E-state index in [0.29, 0.717) is 10.00 Å². The maximum atomic E-state index is 12.1. The molecule has 1 N–H and O–H groups in total. The van der Waals surface area contributed by atoms with Gasteiger partial charge in [-0.15, -0.1) is 23.5 Å². The lowest BCUT2D eigenvalue weighted by Gasteiger charge is -2.06. The number of furan rings is 1. The number of carboxylic acid groups (broad SMARTS) is 1. The van der Waals surface area contributed by atoms with Gasteiger partial charge in [0, 0.05) is 0 Å². The third-order valence-electron chi connectivity index (χ3n) is 2.61. The van der Waals surface area contributed by atoms with Gasteiger partial charge in [0.2, 0.25) is 0 Å². The van der Waals surface area contributed by atoms with Gasteiger partial charge in [-0.2, -0.15) is 0 Å². The lowest BCUT2D eigenvalue weighted by Crippen LogP contribution is -2.11. The summed E-state index contributed by atoms with van der Waals surface area (Å²) in [7, 11) is 0. The van der Waals surface area contributed by atoms with Gasteiger partial charge in [0.1, 0.15) is 11.3 Å². The van der Waals surface area contributed by atoms with E-state index in [1.165, 1.54) is 41.9 Å². The van der Waals surface area contributed by atoms with Crippen LogP contribution in [0.3, 0.4) is 0 Å². The van der Waals surface area contributed by atoms with Crippen LogP contribution in [0.5, 0.6) is 0 Å². The topological polar surface area (TPSA) is 67.5 Å². The molecule has 2 rings (SSSR count). The summed E-state index contributed by atoms with van der Waals surface area (Å²) in [6, 6.07) is 3.41. The fraction of sp³-hybridized carbons (Fsp3) is 0.286. The number of aliphatic carboxylic acids is 1. The maximum absolute atomic E-state index is 12.1. The van der Waals surface area contributed by atoms with Gasteiger partial charge < -0.3 is 9.52 Å². The molecule has 1 aromatic heterocycles. The second kappa shape index (κ2) is 7.40. The summed E-state index contributed by atoms with van der Waals surface area (Å²) in [5.41, 5.74) is -0.135. The Kier molecular flexibility index (Phi) is 5.55. The fourth-order valence-corrected chi connectivity index (χ4v) is 4.21. The molecule has 1 aromatic rings. The molecular weight excluding hydrogens is 296 g/mol. The molecule has 1 aliphatic heterocycles. The van der Waals surface area contributed by atoms with Gasteiger partial charge in [-0.25, -0.2) is 4.79 Å². The van der Waals surface area contributed by atoms with Crippen LogP contribution in [0.25, 0.3) is 6.08 Å². The van der Waals surface area contributed by atoms with E-state index in [1.807, 2.05) is 0 Å². The first kappa shape index (κ1) is 15.0. The SMILES string of the molecule is O=C(O)C(C(=O)/C=C/c1ccco1)=C1SCCCCS1. The molecule has 0 spiro atoms. The predicted octanol–water partition coefficient (Wildman–Crippen LogP) is 3.42. The molecule has 4 nitrogen and oxygen atoms in total. The number of carbonyl (C=O) groups is 2. The van der Waals surface area contributed by atoms with Crippen LogP contribution in [0.2, 0.25) is 0 Å². The van der Waals surface area contributed by atoms with Crippen molar-refractivity contribution in [1.82, 2.24) is 0 Å². The molecule has 1 saturated heterocycles. The van der Waals surface area contributed by atoms with Crippen LogP contribution in [0.15, 0.2) is 38.7 Å². The highest BCUT2D eigenvalue weighted by Gasteiger charge is 2.22. The standard InChI is InChI=1S/C14H14O4S2/c15-11(6-5-10-4-3-7-18-10)12(13(16)17)14-19-8-1-2-9-20-14/h3-7H,1-2,8-9H2,(H,16,17)/b6-5+. The summed E-state index contributed by atoms with van der Waals surface area (Å²) in [5.74, 6) is 0.568. The van der Waals surface area contributed by atoms with Crippen molar-refractivity contribution in [3.05, 3.63) is 40.0 Å². The molecule has 0 radical (unpaired) electrons. The number of hydrogen-bond acceptors (Lipinski definition) is 5. The van der Waals surface area contributed by atoms with Gasteiger partial charge in [-0.05, 0) is 48.6 Å². The quantitative estimate of drug-likeness (QED) is 0.522. The smallest absolute Gasteiger partial charge is 0.341 e. The Morgan fingerprint density at radius 3 is 2.50 bits per heavy atom. The summed E-state index contributed by atoms with van der Waals surface area (Å²) in [4.78, 5) is 23.4. The second-order valence-corrected chi connectivity index (χ2v) is 6.55. The summed E-state index contributed by atoms with van der Waals surface area (Å²) in [6.07, 6.45) is 6.33. The van der Waals surface area contributed by atoms with Crippen LogP contribution in [0.1, 0.15) is 18.6 Å². The van der Waals surface area contributed by atoms with Gasteiger partial charge in [-0.1, -0.05) is 0 Å². The number of carboxylic acids is 1. The van der Waals surface area contributed by atoms with Crippen LogP contribution in [0.4, 0.5) is 0 Å². The Bertz CT molecular complexity index is 534. The molecule has 20 heavy (non-hydrogen) atoms. The fourth-order valence-electron chi connectivity index (χ4n) is 1.64. The molecular formula is C14H14O4S2. The van der Waals surface area contributed by atoms with Crippen LogP contribution in [0, 0.1) is 0 Å². The second-order valence-electron chi connectivity index (χ2n) is 4.08. The third-order valence-corrected chi connectivity index (χ3v) is 5.24. The predicted molar refractivity (Wildman–Crippen MR) is 81.6 cm³/mol. The number of rotatable bonds is 4. The number of hydrogen-bond donors (Lipinski definition) is 1. The molecule has 0 unspecified atom stereocenters. The van der Waals surface area contributed by atoms with Crippen LogP contribution in [-0.2, 0) is 9.59 Å². The zero-order valence-electron chi connectivity index (χ0n) is 10.7. The van der Waals surface area contributed by atoms with Gasteiger partial charge in [-0.3, -0.25) is 4.79 Å². The largest absolute Gasteiger partial charge is 0.477 e.